The molecule has 0 radical (unpaired) electrons. The van der Waals surface area contributed by atoms with E-state index in [1.807, 2.05) is 6.92 Å². The Kier molecular flexibility index (Phi) is 3.45. The first-order valence-electron chi connectivity index (χ1n) is 7.98. The average molecular weight is 294 g/mol. The molecule has 0 spiro atoms. The van der Waals surface area contributed by atoms with E-state index in [9.17, 15) is 9.90 Å². The predicted octanol–water partition coefficient (Wildman–Crippen LogP) is 2.45. The van der Waals surface area contributed by atoms with Gasteiger partial charge in [-0.3, -0.25) is 0 Å². The molecule has 21 heavy (non-hydrogen) atoms. The van der Waals surface area contributed by atoms with Crippen molar-refractivity contribution in [3.05, 3.63) is 11.1 Å². The molecular formula is C17H26O4. The number of rotatable bonds is 2. The van der Waals surface area contributed by atoms with Crippen LogP contribution in [0.2, 0.25) is 0 Å². The fourth-order valence-electron chi connectivity index (χ4n) is 4.74. The molecule has 0 saturated heterocycles. The summed E-state index contributed by atoms with van der Waals surface area (Å²) in [6.07, 6.45) is 1.98. The van der Waals surface area contributed by atoms with Crippen molar-refractivity contribution in [1.82, 2.24) is 0 Å². The van der Waals surface area contributed by atoms with Crippen molar-refractivity contribution in [2.75, 3.05) is 13.2 Å². The third kappa shape index (κ3) is 2.33. The molecular weight excluding hydrogens is 268 g/mol. The zero-order valence-electron chi connectivity index (χ0n) is 13.4. The van der Waals surface area contributed by atoms with E-state index in [-0.39, 0.29) is 29.8 Å². The van der Waals surface area contributed by atoms with Gasteiger partial charge in [0.15, 0.2) is 0 Å². The molecule has 1 aliphatic heterocycles. The monoisotopic (exact) mass is 294 g/mol. The predicted molar refractivity (Wildman–Crippen MR) is 78.6 cm³/mol. The number of cyclic esters (lactones) is 1. The number of aliphatic hydroxyl groups excluding tert-OH is 1. The molecule has 0 bridgehead atoms. The van der Waals surface area contributed by atoms with E-state index >= 15 is 0 Å². The SMILES string of the molecule is CCO[C@@]1(C)CC2=C(COC2=O)[C@@H](O)[C@@H]2CC(C)(C)C[C@@H]21. The lowest BCUT2D eigenvalue weighted by molar-refractivity contribution is -0.138. The number of hydrogen-bond acceptors (Lipinski definition) is 4. The minimum atomic E-state index is -0.569. The first-order chi connectivity index (χ1) is 9.77. The van der Waals surface area contributed by atoms with Gasteiger partial charge in [-0.05, 0) is 43.9 Å². The Balaban J connectivity index is 2.04. The molecule has 118 valence electrons. The first kappa shape index (κ1) is 15.0. The summed E-state index contributed by atoms with van der Waals surface area (Å²) < 4.78 is 11.3. The second-order valence-electron chi connectivity index (χ2n) is 7.79. The van der Waals surface area contributed by atoms with Gasteiger partial charge < -0.3 is 14.6 Å². The maximum atomic E-state index is 12.0. The summed E-state index contributed by atoms with van der Waals surface area (Å²) in [5, 5.41) is 10.8. The normalized spacial score (nSPS) is 41.6. The summed E-state index contributed by atoms with van der Waals surface area (Å²) in [6.45, 7) is 9.47. The number of fused-ring (bicyclic) bond motifs is 1. The maximum absolute atomic E-state index is 12.0. The number of aliphatic hydroxyl groups is 1. The highest BCUT2D eigenvalue weighted by Gasteiger charge is 2.55. The molecule has 2 aliphatic carbocycles. The van der Waals surface area contributed by atoms with Crippen molar-refractivity contribution in [1.29, 1.82) is 0 Å². The van der Waals surface area contributed by atoms with Gasteiger partial charge in [-0.1, -0.05) is 13.8 Å². The Hall–Kier alpha value is -0.870. The minimum absolute atomic E-state index is 0.151. The lowest BCUT2D eigenvalue weighted by Gasteiger charge is -2.38. The van der Waals surface area contributed by atoms with E-state index in [1.165, 1.54) is 0 Å². The van der Waals surface area contributed by atoms with E-state index in [1.54, 1.807) is 0 Å². The van der Waals surface area contributed by atoms with Crippen molar-refractivity contribution in [2.45, 2.75) is 58.7 Å². The zero-order valence-corrected chi connectivity index (χ0v) is 13.4. The lowest BCUT2D eigenvalue weighted by Crippen LogP contribution is -2.42. The zero-order chi connectivity index (χ0) is 15.4. The highest BCUT2D eigenvalue weighted by atomic mass is 16.5. The number of hydrogen-bond donors (Lipinski definition) is 1. The van der Waals surface area contributed by atoms with Gasteiger partial charge in [0, 0.05) is 24.2 Å². The van der Waals surface area contributed by atoms with Crippen molar-refractivity contribution < 1.29 is 19.4 Å². The van der Waals surface area contributed by atoms with Crippen molar-refractivity contribution >= 4 is 5.97 Å². The van der Waals surface area contributed by atoms with Gasteiger partial charge in [0.25, 0.3) is 0 Å². The van der Waals surface area contributed by atoms with E-state index in [0.717, 1.165) is 18.4 Å². The molecule has 4 atom stereocenters. The summed E-state index contributed by atoms with van der Waals surface area (Å²) in [4.78, 5) is 12.0. The van der Waals surface area contributed by atoms with Crippen LogP contribution in [0.4, 0.5) is 0 Å². The fourth-order valence-corrected chi connectivity index (χ4v) is 4.74. The Morgan fingerprint density at radius 3 is 2.71 bits per heavy atom. The van der Waals surface area contributed by atoms with Crippen LogP contribution in [0.25, 0.3) is 0 Å². The first-order valence-corrected chi connectivity index (χ1v) is 7.98. The molecule has 0 aromatic carbocycles. The molecule has 0 aromatic heterocycles. The molecule has 3 aliphatic rings. The molecule has 1 saturated carbocycles. The van der Waals surface area contributed by atoms with Crippen LogP contribution in [0.15, 0.2) is 11.1 Å². The van der Waals surface area contributed by atoms with E-state index in [2.05, 4.69) is 20.8 Å². The molecule has 0 amide bonds. The highest BCUT2D eigenvalue weighted by molar-refractivity contribution is 5.92. The smallest absolute Gasteiger partial charge is 0.334 e. The molecule has 1 N–H and O–H groups in total. The van der Waals surface area contributed by atoms with Gasteiger partial charge in [0.2, 0.25) is 0 Å². The van der Waals surface area contributed by atoms with Crippen LogP contribution in [0, 0.1) is 17.3 Å². The molecule has 0 aromatic rings. The van der Waals surface area contributed by atoms with Gasteiger partial charge in [0.05, 0.1) is 11.7 Å². The van der Waals surface area contributed by atoms with Crippen LogP contribution < -0.4 is 0 Å². The van der Waals surface area contributed by atoms with Crippen LogP contribution in [0.5, 0.6) is 0 Å². The number of ether oxygens (including phenoxy) is 2. The van der Waals surface area contributed by atoms with E-state index in [4.69, 9.17) is 9.47 Å². The summed E-state index contributed by atoms with van der Waals surface area (Å²) in [6, 6.07) is 0. The Labute approximate surface area is 126 Å². The molecule has 1 heterocycles. The van der Waals surface area contributed by atoms with Crippen molar-refractivity contribution in [3.8, 4) is 0 Å². The van der Waals surface area contributed by atoms with Gasteiger partial charge in [0.1, 0.15) is 6.61 Å². The molecule has 4 nitrogen and oxygen atoms in total. The maximum Gasteiger partial charge on any atom is 0.334 e. The molecule has 0 unspecified atom stereocenters. The van der Waals surface area contributed by atoms with Gasteiger partial charge >= 0.3 is 5.97 Å². The summed E-state index contributed by atoms with van der Waals surface area (Å²) in [7, 11) is 0. The topological polar surface area (TPSA) is 55.8 Å². The quantitative estimate of drug-likeness (QED) is 0.795. The Bertz CT molecular complexity index is 493. The molecule has 4 heteroatoms. The molecule has 3 rings (SSSR count). The average Bonchev–Trinajstić information content (AvgIpc) is 2.88. The number of carbonyl (C=O) groups is 1. The number of carbonyl (C=O) groups excluding carboxylic acids is 1. The minimum Gasteiger partial charge on any atom is -0.458 e. The lowest BCUT2D eigenvalue weighted by atomic mass is 9.77. The van der Waals surface area contributed by atoms with Crippen LogP contribution in [-0.2, 0) is 14.3 Å². The second kappa shape index (κ2) is 4.82. The van der Waals surface area contributed by atoms with Crippen molar-refractivity contribution in [3.63, 3.8) is 0 Å². The van der Waals surface area contributed by atoms with E-state index < -0.39 is 11.7 Å². The van der Waals surface area contributed by atoms with Crippen LogP contribution >= 0.6 is 0 Å². The van der Waals surface area contributed by atoms with Crippen LogP contribution in [0.3, 0.4) is 0 Å². The van der Waals surface area contributed by atoms with E-state index in [0.29, 0.717) is 18.6 Å². The largest absolute Gasteiger partial charge is 0.458 e. The van der Waals surface area contributed by atoms with Crippen LogP contribution in [0.1, 0.15) is 47.0 Å². The second-order valence-corrected chi connectivity index (χ2v) is 7.79. The van der Waals surface area contributed by atoms with Crippen LogP contribution in [-0.4, -0.2) is 36.0 Å². The van der Waals surface area contributed by atoms with Gasteiger partial charge in [-0.2, -0.15) is 0 Å². The number of esters is 1. The standard InChI is InChI=1S/C17H26O4/c1-5-21-17(4)7-10-12(9-20-15(10)19)14(18)11-6-16(2,3)8-13(11)17/h11,13-14,18H,5-9H2,1-4H3/t11-,13+,14+,17+/m1/s1. The summed E-state index contributed by atoms with van der Waals surface area (Å²) in [5.41, 5.74) is 1.27. The molecule has 1 fully saturated rings. The highest BCUT2D eigenvalue weighted by Crippen LogP contribution is 2.56. The van der Waals surface area contributed by atoms with Gasteiger partial charge in [-0.15, -0.1) is 0 Å². The van der Waals surface area contributed by atoms with Crippen molar-refractivity contribution in [2.24, 2.45) is 17.3 Å². The third-order valence-electron chi connectivity index (χ3n) is 5.62. The Morgan fingerprint density at radius 2 is 2.05 bits per heavy atom. The fraction of sp³-hybridized carbons (Fsp3) is 0.824. The summed E-state index contributed by atoms with van der Waals surface area (Å²) in [5.74, 6) is 0.161. The third-order valence-corrected chi connectivity index (χ3v) is 5.62. The summed E-state index contributed by atoms with van der Waals surface area (Å²) >= 11 is 0. The Morgan fingerprint density at radius 1 is 1.33 bits per heavy atom. The van der Waals surface area contributed by atoms with Gasteiger partial charge in [-0.25, -0.2) is 4.79 Å².